The summed E-state index contributed by atoms with van der Waals surface area (Å²) >= 11 is 3.77. The van der Waals surface area contributed by atoms with Gasteiger partial charge < -0.3 is 0 Å². The molecule has 15 heavy (non-hydrogen) atoms. The second-order valence-corrected chi connectivity index (χ2v) is 6.15. The van der Waals surface area contributed by atoms with Crippen molar-refractivity contribution in [1.82, 2.24) is 0 Å². The van der Waals surface area contributed by atoms with Gasteiger partial charge in [0.05, 0.1) is 0 Å². The average molecular weight is 232 g/mol. The predicted molar refractivity (Wildman–Crippen MR) is 71.3 cm³/mol. The van der Waals surface area contributed by atoms with Crippen LogP contribution in [0.5, 0.6) is 0 Å². The Kier molecular flexibility index (Phi) is 2.08. The van der Waals surface area contributed by atoms with Gasteiger partial charge in [0.1, 0.15) is 0 Å². The van der Waals surface area contributed by atoms with Gasteiger partial charge in [-0.3, -0.25) is 0 Å². The lowest BCUT2D eigenvalue weighted by atomic mass is 10.1. The summed E-state index contributed by atoms with van der Waals surface area (Å²) in [5.74, 6) is 0.635. The van der Waals surface area contributed by atoms with Crippen molar-refractivity contribution in [2.75, 3.05) is 0 Å². The first-order valence-corrected chi connectivity index (χ1v) is 6.85. The van der Waals surface area contributed by atoms with E-state index in [9.17, 15) is 0 Å². The van der Waals surface area contributed by atoms with Crippen molar-refractivity contribution in [2.24, 2.45) is 0 Å². The second kappa shape index (κ2) is 3.32. The lowest BCUT2D eigenvalue weighted by Gasteiger charge is -1.96. The summed E-state index contributed by atoms with van der Waals surface area (Å²) in [4.78, 5) is 1.49. The van der Waals surface area contributed by atoms with Gasteiger partial charge in [-0.05, 0) is 34.9 Å². The molecule has 0 fully saturated rings. The smallest absolute Gasteiger partial charge is 0.0432 e. The standard InChI is InChI=1S/C13H12S2/c1-8(2)12-7-9-3-4-11-10(5-6-14-11)13(9)15-12/h3-8H,1-2H3. The van der Waals surface area contributed by atoms with Crippen LogP contribution in [0, 0.1) is 0 Å². The Labute approximate surface area is 97.2 Å². The molecule has 0 nitrogen and oxygen atoms in total. The van der Waals surface area contributed by atoms with Crippen LogP contribution >= 0.6 is 22.7 Å². The number of rotatable bonds is 1. The Morgan fingerprint density at radius 2 is 2.00 bits per heavy atom. The Balaban J connectivity index is 2.41. The largest absolute Gasteiger partial charge is 0.144 e. The van der Waals surface area contributed by atoms with Gasteiger partial charge in [0.15, 0.2) is 0 Å². The van der Waals surface area contributed by atoms with E-state index in [2.05, 4.69) is 43.5 Å². The summed E-state index contributed by atoms with van der Waals surface area (Å²) < 4.78 is 2.86. The zero-order chi connectivity index (χ0) is 10.4. The van der Waals surface area contributed by atoms with Gasteiger partial charge in [0.25, 0.3) is 0 Å². The van der Waals surface area contributed by atoms with Crippen LogP contribution in [0.4, 0.5) is 0 Å². The van der Waals surface area contributed by atoms with Crippen molar-refractivity contribution in [1.29, 1.82) is 0 Å². The monoisotopic (exact) mass is 232 g/mol. The van der Waals surface area contributed by atoms with Crippen molar-refractivity contribution in [3.63, 3.8) is 0 Å². The third-order valence-electron chi connectivity index (χ3n) is 2.70. The molecule has 0 atom stereocenters. The van der Waals surface area contributed by atoms with Crippen LogP contribution in [-0.2, 0) is 0 Å². The van der Waals surface area contributed by atoms with Crippen LogP contribution in [-0.4, -0.2) is 0 Å². The Morgan fingerprint density at radius 3 is 2.80 bits per heavy atom. The van der Waals surface area contributed by atoms with Crippen molar-refractivity contribution < 1.29 is 0 Å². The molecular formula is C13H12S2. The first-order chi connectivity index (χ1) is 7.25. The van der Waals surface area contributed by atoms with Crippen LogP contribution in [0.3, 0.4) is 0 Å². The van der Waals surface area contributed by atoms with E-state index in [1.165, 1.54) is 25.0 Å². The van der Waals surface area contributed by atoms with E-state index >= 15 is 0 Å². The molecule has 0 amide bonds. The second-order valence-electron chi connectivity index (χ2n) is 4.12. The SMILES string of the molecule is CC(C)c1cc2ccc3sccc3c2s1. The molecule has 0 saturated carbocycles. The number of fused-ring (bicyclic) bond motifs is 3. The Hall–Kier alpha value is -0.860. The highest BCUT2D eigenvalue weighted by Gasteiger charge is 2.08. The lowest BCUT2D eigenvalue weighted by molar-refractivity contribution is 0.890. The molecule has 76 valence electrons. The van der Waals surface area contributed by atoms with E-state index in [-0.39, 0.29) is 0 Å². The van der Waals surface area contributed by atoms with Gasteiger partial charge in [-0.2, -0.15) is 0 Å². The third-order valence-corrected chi connectivity index (χ3v) is 5.07. The highest BCUT2D eigenvalue weighted by atomic mass is 32.1. The van der Waals surface area contributed by atoms with Gasteiger partial charge in [-0.25, -0.2) is 0 Å². The molecule has 0 aliphatic rings. The summed E-state index contributed by atoms with van der Waals surface area (Å²) in [6.45, 7) is 4.52. The molecule has 0 bridgehead atoms. The molecule has 1 aromatic carbocycles. The maximum absolute atomic E-state index is 2.34. The minimum absolute atomic E-state index is 0.635. The van der Waals surface area contributed by atoms with E-state index in [0.29, 0.717) is 5.92 Å². The first kappa shape index (κ1) is 9.37. The predicted octanol–water partition coefficient (Wildman–Crippen LogP) is 5.24. The molecule has 0 unspecified atom stereocenters. The summed E-state index contributed by atoms with van der Waals surface area (Å²) in [7, 11) is 0. The van der Waals surface area contributed by atoms with E-state index in [0.717, 1.165) is 0 Å². The molecule has 0 aliphatic heterocycles. The van der Waals surface area contributed by atoms with E-state index in [1.54, 1.807) is 0 Å². The molecule has 3 rings (SSSR count). The summed E-state index contributed by atoms with van der Waals surface area (Å²) in [5, 5.41) is 5.00. The maximum Gasteiger partial charge on any atom is 0.0432 e. The molecule has 0 aliphatic carbocycles. The van der Waals surface area contributed by atoms with Crippen molar-refractivity contribution in [3.05, 3.63) is 34.5 Å². The quantitative estimate of drug-likeness (QED) is 0.538. The van der Waals surface area contributed by atoms with Gasteiger partial charge in [-0.1, -0.05) is 19.9 Å². The lowest BCUT2D eigenvalue weighted by Crippen LogP contribution is -1.77. The van der Waals surface area contributed by atoms with E-state index < -0.39 is 0 Å². The van der Waals surface area contributed by atoms with Crippen LogP contribution in [0.2, 0.25) is 0 Å². The summed E-state index contributed by atoms with van der Waals surface area (Å²) in [6, 6.07) is 9.06. The molecule has 2 heteroatoms. The van der Waals surface area contributed by atoms with Gasteiger partial charge in [0, 0.05) is 19.7 Å². The fourth-order valence-corrected chi connectivity index (χ4v) is 3.90. The van der Waals surface area contributed by atoms with Crippen molar-refractivity contribution >= 4 is 42.8 Å². The molecular weight excluding hydrogens is 220 g/mol. The molecule has 3 aromatic rings. The highest BCUT2D eigenvalue weighted by Crippen LogP contribution is 2.37. The summed E-state index contributed by atoms with van der Waals surface area (Å²) in [6.07, 6.45) is 0. The van der Waals surface area contributed by atoms with Gasteiger partial charge >= 0.3 is 0 Å². The van der Waals surface area contributed by atoms with Crippen molar-refractivity contribution in [3.8, 4) is 0 Å². The molecule has 0 saturated heterocycles. The average Bonchev–Trinajstić information content (AvgIpc) is 2.82. The topological polar surface area (TPSA) is 0 Å². The minimum atomic E-state index is 0.635. The van der Waals surface area contributed by atoms with Crippen molar-refractivity contribution in [2.45, 2.75) is 19.8 Å². The zero-order valence-electron chi connectivity index (χ0n) is 8.78. The van der Waals surface area contributed by atoms with Crippen LogP contribution in [0.15, 0.2) is 29.6 Å². The third kappa shape index (κ3) is 1.40. The fourth-order valence-electron chi connectivity index (χ4n) is 1.85. The number of hydrogen-bond donors (Lipinski definition) is 0. The number of benzene rings is 1. The first-order valence-electron chi connectivity index (χ1n) is 5.15. The number of thiophene rings is 2. The normalized spacial score (nSPS) is 11.9. The molecule has 0 spiro atoms. The molecule has 0 radical (unpaired) electrons. The fraction of sp³-hybridized carbons (Fsp3) is 0.231. The van der Waals surface area contributed by atoms with Gasteiger partial charge in [-0.15, -0.1) is 22.7 Å². The minimum Gasteiger partial charge on any atom is -0.144 e. The van der Waals surface area contributed by atoms with Crippen LogP contribution in [0.25, 0.3) is 20.2 Å². The maximum atomic E-state index is 2.34. The zero-order valence-corrected chi connectivity index (χ0v) is 10.4. The van der Waals surface area contributed by atoms with Crippen LogP contribution in [0.1, 0.15) is 24.6 Å². The van der Waals surface area contributed by atoms with E-state index in [1.807, 2.05) is 22.7 Å². The van der Waals surface area contributed by atoms with Gasteiger partial charge in [0.2, 0.25) is 0 Å². The molecule has 2 heterocycles. The summed E-state index contributed by atoms with van der Waals surface area (Å²) in [5.41, 5.74) is 0. The Morgan fingerprint density at radius 1 is 1.13 bits per heavy atom. The van der Waals surface area contributed by atoms with Crippen LogP contribution < -0.4 is 0 Å². The molecule has 0 N–H and O–H groups in total. The Bertz CT molecular complexity index is 614. The molecule has 2 aromatic heterocycles. The highest BCUT2D eigenvalue weighted by molar-refractivity contribution is 7.22. The van der Waals surface area contributed by atoms with E-state index in [4.69, 9.17) is 0 Å². The number of hydrogen-bond acceptors (Lipinski definition) is 2.